The molecule has 0 unspecified atom stereocenters. The van der Waals surface area contributed by atoms with Crippen molar-refractivity contribution in [2.45, 2.75) is 33.7 Å². The molecule has 0 saturated carbocycles. The third-order valence-corrected chi connectivity index (χ3v) is 3.29. The number of amides is 1. The maximum Gasteiger partial charge on any atom is 0.241 e. The number of nitrogens with two attached hydrogens (primary N) is 1. The monoisotopic (exact) mass is 298 g/mol. The minimum Gasteiger partial charge on any atom is -0.324 e. The van der Waals surface area contributed by atoms with E-state index in [1.165, 1.54) is 0 Å². The Morgan fingerprint density at radius 1 is 1.41 bits per heavy atom. The van der Waals surface area contributed by atoms with Gasteiger partial charge in [0, 0.05) is 4.47 Å². The second-order valence-electron chi connectivity index (χ2n) is 5.32. The molecule has 1 aromatic rings. The molecule has 0 fully saturated rings. The largest absolute Gasteiger partial charge is 0.324 e. The van der Waals surface area contributed by atoms with Gasteiger partial charge < -0.3 is 11.1 Å². The van der Waals surface area contributed by atoms with Crippen molar-refractivity contribution in [2.24, 2.45) is 11.1 Å². The molecule has 0 spiro atoms. The van der Waals surface area contributed by atoms with Gasteiger partial charge in [-0.1, -0.05) is 26.8 Å². The van der Waals surface area contributed by atoms with E-state index in [9.17, 15) is 4.79 Å². The highest BCUT2D eigenvalue weighted by Gasteiger charge is 2.27. The van der Waals surface area contributed by atoms with Crippen molar-refractivity contribution in [1.82, 2.24) is 0 Å². The van der Waals surface area contributed by atoms with Crippen LogP contribution in [-0.2, 0) is 4.79 Å². The quantitative estimate of drug-likeness (QED) is 0.881. The fraction of sp³-hybridized carbons (Fsp3) is 0.462. The van der Waals surface area contributed by atoms with Crippen LogP contribution in [0.3, 0.4) is 0 Å². The summed E-state index contributed by atoms with van der Waals surface area (Å²) in [4.78, 5) is 12.0. The third kappa shape index (κ3) is 3.82. The summed E-state index contributed by atoms with van der Waals surface area (Å²) in [5.74, 6) is -0.163. The molecule has 0 aromatic heterocycles. The SMILES string of the molecule is Cc1ccc(Br)c(NC(=O)[C@H](N)C(C)(C)C)c1. The summed E-state index contributed by atoms with van der Waals surface area (Å²) >= 11 is 3.40. The van der Waals surface area contributed by atoms with Gasteiger partial charge in [-0.15, -0.1) is 0 Å². The van der Waals surface area contributed by atoms with E-state index in [2.05, 4.69) is 21.2 Å². The highest BCUT2D eigenvalue weighted by atomic mass is 79.9. The van der Waals surface area contributed by atoms with E-state index in [4.69, 9.17) is 5.73 Å². The first-order chi connectivity index (χ1) is 7.71. The van der Waals surface area contributed by atoms with Crippen LogP contribution in [-0.4, -0.2) is 11.9 Å². The van der Waals surface area contributed by atoms with E-state index in [-0.39, 0.29) is 11.3 Å². The fourth-order valence-corrected chi connectivity index (χ4v) is 1.68. The van der Waals surface area contributed by atoms with Gasteiger partial charge in [-0.2, -0.15) is 0 Å². The van der Waals surface area contributed by atoms with Crippen molar-refractivity contribution in [1.29, 1.82) is 0 Å². The normalized spacial score (nSPS) is 13.3. The summed E-state index contributed by atoms with van der Waals surface area (Å²) < 4.78 is 0.859. The van der Waals surface area contributed by atoms with Crippen LogP contribution < -0.4 is 11.1 Å². The van der Waals surface area contributed by atoms with Crippen molar-refractivity contribution in [2.75, 3.05) is 5.32 Å². The molecule has 17 heavy (non-hydrogen) atoms. The molecule has 4 heteroatoms. The Kier molecular flexibility index (Phi) is 4.33. The van der Waals surface area contributed by atoms with E-state index >= 15 is 0 Å². The Balaban J connectivity index is 2.85. The predicted octanol–water partition coefficient (Wildman–Crippen LogP) is 3.07. The average Bonchev–Trinajstić information content (AvgIpc) is 2.21. The maximum absolute atomic E-state index is 12.0. The lowest BCUT2D eigenvalue weighted by molar-refractivity contribution is -0.119. The average molecular weight is 299 g/mol. The molecular formula is C13H19BrN2O. The number of nitrogens with one attached hydrogen (secondary N) is 1. The molecule has 0 aliphatic heterocycles. The zero-order valence-electron chi connectivity index (χ0n) is 10.7. The molecule has 0 aliphatic carbocycles. The standard InChI is InChI=1S/C13H19BrN2O/c1-8-5-6-9(14)10(7-8)16-12(17)11(15)13(2,3)4/h5-7,11H,15H2,1-4H3,(H,16,17)/t11-/m0/s1. The third-order valence-electron chi connectivity index (χ3n) is 2.60. The van der Waals surface area contributed by atoms with Gasteiger partial charge in [-0.3, -0.25) is 4.79 Å². The van der Waals surface area contributed by atoms with Gasteiger partial charge in [0.15, 0.2) is 0 Å². The van der Waals surface area contributed by atoms with Gasteiger partial charge in [0.1, 0.15) is 0 Å². The number of aryl methyl sites for hydroxylation is 1. The van der Waals surface area contributed by atoms with Crippen molar-refractivity contribution in [3.8, 4) is 0 Å². The molecular weight excluding hydrogens is 280 g/mol. The molecule has 94 valence electrons. The summed E-state index contributed by atoms with van der Waals surface area (Å²) in [6.45, 7) is 7.82. The number of carbonyl (C=O) groups is 1. The highest BCUT2D eigenvalue weighted by Crippen LogP contribution is 2.25. The zero-order valence-corrected chi connectivity index (χ0v) is 12.3. The molecule has 0 bridgehead atoms. The van der Waals surface area contributed by atoms with Gasteiger partial charge in [-0.05, 0) is 46.0 Å². The van der Waals surface area contributed by atoms with Gasteiger partial charge in [0.05, 0.1) is 11.7 Å². The van der Waals surface area contributed by atoms with Gasteiger partial charge in [-0.25, -0.2) is 0 Å². The Morgan fingerprint density at radius 3 is 2.53 bits per heavy atom. The molecule has 1 rings (SSSR count). The smallest absolute Gasteiger partial charge is 0.241 e. The highest BCUT2D eigenvalue weighted by molar-refractivity contribution is 9.10. The van der Waals surface area contributed by atoms with Gasteiger partial charge in [0.2, 0.25) is 5.91 Å². The first kappa shape index (κ1) is 14.2. The molecule has 0 saturated heterocycles. The predicted molar refractivity (Wildman–Crippen MR) is 74.9 cm³/mol. The number of anilines is 1. The molecule has 0 radical (unpaired) electrons. The molecule has 1 aromatic carbocycles. The molecule has 3 nitrogen and oxygen atoms in total. The number of hydrogen-bond acceptors (Lipinski definition) is 2. The van der Waals surface area contributed by atoms with Crippen molar-refractivity contribution in [3.63, 3.8) is 0 Å². The summed E-state index contributed by atoms with van der Waals surface area (Å²) in [7, 11) is 0. The number of hydrogen-bond donors (Lipinski definition) is 2. The lowest BCUT2D eigenvalue weighted by atomic mass is 9.87. The maximum atomic E-state index is 12.0. The minimum absolute atomic E-state index is 0.163. The van der Waals surface area contributed by atoms with Crippen LogP contribution in [0.1, 0.15) is 26.3 Å². The first-order valence-corrected chi connectivity index (χ1v) is 6.33. The van der Waals surface area contributed by atoms with Crippen LogP contribution in [0.25, 0.3) is 0 Å². The first-order valence-electron chi connectivity index (χ1n) is 5.54. The van der Waals surface area contributed by atoms with Crippen molar-refractivity contribution < 1.29 is 4.79 Å². The zero-order chi connectivity index (χ0) is 13.2. The number of benzene rings is 1. The topological polar surface area (TPSA) is 55.1 Å². The lowest BCUT2D eigenvalue weighted by Gasteiger charge is -2.26. The Bertz CT molecular complexity index is 424. The van der Waals surface area contributed by atoms with E-state index in [1.807, 2.05) is 45.9 Å². The van der Waals surface area contributed by atoms with E-state index in [0.29, 0.717) is 0 Å². The van der Waals surface area contributed by atoms with Crippen molar-refractivity contribution >= 4 is 27.5 Å². The van der Waals surface area contributed by atoms with Crippen LogP contribution in [0.5, 0.6) is 0 Å². The Labute approximate surface area is 111 Å². The van der Waals surface area contributed by atoms with Crippen molar-refractivity contribution in [3.05, 3.63) is 28.2 Å². The molecule has 0 heterocycles. The molecule has 1 atom stereocenters. The van der Waals surface area contributed by atoms with Crippen LogP contribution in [0, 0.1) is 12.3 Å². The minimum atomic E-state index is -0.532. The lowest BCUT2D eigenvalue weighted by Crippen LogP contribution is -2.45. The second-order valence-corrected chi connectivity index (χ2v) is 6.17. The summed E-state index contributed by atoms with van der Waals surface area (Å²) in [5, 5.41) is 2.85. The van der Waals surface area contributed by atoms with Crippen LogP contribution in [0.15, 0.2) is 22.7 Å². The summed E-state index contributed by atoms with van der Waals surface area (Å²) in [6.07, 6.45) is 0. The molecule has 1 amide bonds. The number of carbonyl (C=O) groups excluding carboxylic acids is 1. The summed E-state index contributed by atoms with van der Waals surface area (Å²) in [6, 6.07) is 5.27. The Morgan fingerprint density at radius 2 is 2.00 bits per heavy atom. The van der Waals surface area contributed by atoms with Gasteiger partial charge >= 0.3 is 0 Å². The molecule has 3 N–H and O–H groups in total. The van der Waals surface area contributed by atoms with Gasteiger partial charge in [0.25, 0.3) is 0 Å². The summed E-state index contributed by atoms with van der Waals surface area (Å²) in [5.41, 5.74) is 7.50. The molecule has 0 aliphatic rings. The number of halogens is 1. The van der Waals surface area contributed by atoms with Crippen LogP contribution >= 0.6 is 15.9 Å². The Hall–Kier alpha value is -0.870. The van der Waals surface area contributed by atoms with E-state index in [1.54, 1.807) is 0 Å². The van der Waals surface area contributed by atoms with E-state index in [0.717, 1.165) is 15.7 Å². The van der Waals surface area contributed by atoms with Crippen LogP contribution in [0.2, 0.25) is 0 Å². The second kappa shape index (κ2) is 5.19. The van der Waals surface area contributed by atoms with E-state index < -0.39 is 6.04 Å². The number of rotatable bonds is 2. The van der Waals surface area contributed by atoms with Crippen LogP contribution in [0.4, 0.5) is 5.69 Å². The fourth-order valence-electron chi connectivity index (χ4n) is 1.34.